The van der Waals surface area contributed by atoms with Gasteiger partial charge in [0.05, 0.1) is 11.9 Å². The molecule has 0 aliphatic rings. The minimum absolute atomic E-state index is 0.575. The lowest BCUT2D eigenvalue weighted by atomic mass is 10.2. The van der Waals surface area contributed by atoms with Gasteiger partial charge in [-0.3, -0.25) is 4.99 Å². The zero-order valence-electron chi connectivity index (χ0n) is 13.2. The lowest BCUT2D eigenvalue weighted by molar-refractivity contribution is 0.614. The smallest absolute Gasteiger partial charge is 0.191 e. The number of guanidine groups is 1. The number of benzene rings is 1. The maximum atomic E-state index is 5.90. The monoisotopic (exact) mass is 319 g/mol. The second kappa shape index (κ2) is 7.84. The average Bonchev–Trinajstić information content (AvgIpc) is 2.97. The summed E-state index contributed by atoms with van der Waals surface area (Å²) in [4.78, 5) is 4.20. The fourth-order valence-electron chi connectivity index (χ4n) is 1.89. The SMILES string of the molecule is CN=C(NCc1cnn(-c2ccc(Cl)cc2)c1)NCC(C)C. The van der Waals surface area contributed by atoms with Crippen LogP contribution in [0.1, 0.15) is 19.4 Å². The molecule has 0 aliphatic heterocycles. The Morgan fingerprint density at radius 1 is 1.27 bits per heavy atom. The molecule has 22 heavy (non-hydrogen) atoms. The number of aliphatic imine (C=N–C) groups is 1. The van der Waals surface area contributed by atoms with Crippen LogP contribution in [-0.2, 0) is 6.54 Å². The van der Waals surface area contributed by atoms with Crippen molar-refractivity contribution < 1.29 is 0 Å². The van der Waals surface area contributed by atoms with Gasteiger partial charge in [-0.25, -0.2) is 4.68 Å². The van der Waals surface area contributed by atoms with Crippen molar-refractivity contribution in [2.75, 3.05) is 13.6 Å². The molecule has 0 amide bonds. The molecule has 5 nitrogen and oxygen atoms in total. The third-order valence-corrected chi connectivity index (χ3v) is 3.34. The van der Waals surface area contributed by atoms with Crippen molar-refractivity contribution in [3.05, 3.63) is 47.2 Å². The van der Waals surface area contributed by atoms with Gasteiger partial charge in [0.25, 0.3) is 0 Å². The molecule has 0 unspecified atom stereocenters. The van der Waals surface area contributed by atoms with E-state index >= 15 is 0 Å². The molecule has 0 spiro atoms. The van der Waals surface area contributed by atoms with Crippen molar-refractivity contribution in [1.29, 1.82) is 0 Å². The van der Waals surface area contributed by atoms with Crippen LogP contribution in [0, 0.1) is 5.92 Å². The number of rotatable bonds is 5. The van der Waals surface area contributed by atoms with Gasteiger partial charge < -0.3 is 10.6 Å². The standard InChI is InChI=1S/C16H22ClN5/c1-12(2)8-19-16(18-3)20-9-13-10-21-22(11-13)15-6-4-14(17)5-7-15/h4-7,10-12H,8-9H2,1-3H3,(H2,18,19,20). The van der Waals surface area contributed by atoms with E-state index in [1.165, 1.54) is 0 Å². The molecule has 2 aromatic rings. The van der Waals surface area contributed by atoms with Crippen molar-refractivity contribution in [2.45, 2.75) is 20.4 Å². The van der Waals surface area contributed by atoms with Crippen LogP contribution in [0.3, 0.4) is 0 Å². The van der Waals surface area contributed by atoms with Crippen LogP contribution in [0.2, 0.25) is 5.02 Å². The van der Waals surface area contributed by atoms with Gasteiger partial charge in [-0.05, 0) is 30.2 Å². The predicted octanol–water partition coefficient (Wildman–Crippen LogP) is 2.85. The summed E-state index contributed by atoms with van der Waals surface area (Å²) in [6, 6.07) is 7.59. The van der Waals surface area contributed by atoms with Crippen LogP contribution >= 0.6 is 11.6 Å². The minimum Gasteiger partial charge on any atom is -0.356 e. The number of hydrogen-bond donors (Lipinski definition) is 2. The number of aromatic nitrogens is 2. The third-order valence-electron chi connectivity index (χ3n) is 3.09. The Labute approximate surface area is 136 Å². The molecule has 0 aliphatic carbocycles. The van der Waals surface area contributed by atoms with Crippen LogP contribution in [0.15, 0.2) is 41.7 Å². The molecular formula is C16H22ClN5. The summed E-state index contributed by atoms with van der Waals surface area (Å²) < 4.78 is 1.83. The van der Waals surface area contributed by atoms with E-state index in [9.17, 15) is 0 Å². The Balaban J connectivity index is 1.93. The molecule has 0 saturated heterocycles. The van der Waals surface area contributed by atoms with E-state index in [0.717, 1.165) is 28.8 Å². The van der Waals surface area contributed by atoms with Gasteiger partial charge in [-0.1, -0.05) is 25.4 Å². The molecule has 118 valence electrons. The zero-order valence-corrected chi connectivity index (χ0v) is 13.9. The molecule has 1 aromatic heterocycles. The molecule has 2 rings (SSSR count). The summed E-state index contributed by atoms with van der Waals surface area (Å²) in [5.41, 5.74) is 2.07. The first-order chi connectivity index (χ1) is 10.6. The highest BCUT2D eigenvalue weighted by Gasteiger charge is 2.03. The van der Waals surface area contributed by atoms with E-state index in [0.29, 0.717) is 12.5 Å². The summed E-state index contributed by atoms with van der Waals surface area (Å²) in [5, 5.41) is 11.6. The van der Waals surface area contributed by atoms with E-state index in [-0.39, 0.29) is 0 Å². The Morgan fingerprint density at radius 3 is 2.64 bits per heavy atom. The van der Waals surface area contributed by atoms with Gasteiger partial charge >= 0.3 is 0 Å². The van der Waals surface area contributed by atoms with Crippen LogP contribution in [0.4, 0.5) is 0 Å². The quantitative estimate of drug-likeness (QED) is 0.658. The minimum atomic E-state index is 0.575. The van der Waals surface area contributed by atoms with Crippen molar-refractivity contribution in [3.63, 3.8) is 0 Å². The Kier molecular flexibility index (Phi) is 5.83. The van der Waals surface area contributed by atoms with Gasteiger partial charge in [-0.15, -0.1) is 0 Å². The largest absolute Gasteiger partial charge is 0.356 e. The summed E-state index contributed by atoms with van der Waals surface area (Å²) in [6.07, 6.45) is 3.84. The van der Waals surface area contributed by atoms with E-state index < -0.39 is 0 Å². The molecule has 0 radical (unpaired) electrons. The number of halogens is 1. The summed E-state index contributed by atoms with van der Waals surface area (Å²) in [6.45, 7) is 5.89. The first-order valence-electron chi connectivity index (χ1n) is 7.32. The van der Waals surface area contributed by atoms with Crippen LogP contribution in [0.5, 0.6) is 0 Å². The number of nitrogens with zero attached hydrogens (tertiary/aromatic N) is 3. The molecular weight excluding hydrogens is 298 g/mol. The van der Waals surface area contributed by atoms with Gasteiger partial charge in [-0.2, -0.15) is 5.10 Å². The maximum Gasteiger partial charge on any atom is 0.191 e. The highest BCUT2D eigenvalue weighted by Crippen LogP contribution is 2.13. The van der Waals surface area contributed by atoms with Crippen molar-refractivity contribution in [3.8, 4) is 5.69 Å². The van der Waals surface area contributed by atoms with Crippen LogP contribution in [0.25, 0.3) is 5.69 Å². The molecule has 6 heteroatoms. The number of hydrogen-bond acceptors (Lipinski definition) is 2. The predicted molar refractivity (Wildman–Crippen MR) is 91.6 cm³/mol. The van der Waals surface area contributed by atoms with E-state index in [4.69, 9.17) is 11.6 Å². The lowest BCUT2D eigenvalue weighted by Crippen LogP contribution is -2.38. The number of nitrogens with one attached hydrogen (secondary N) is 2. The molecule has 0 bridgehead atoms. The second-order valence-electron chi connectivity index (χ2n) is 5.47. The first-order valence-corrected chi connectivity index (χ1v) is 7.70. The van der Waals surface area contributed by atoms with E-state index in [1.54, 1.807) is 7.05 Å². The normalized spacial score (nSPS) is 11.8. The van der Waals surface area contributed by atoms with Gasteiger partial charge in [0.1, 0.15) is 0 Å². The Morgan fingerprint density at radius 2 is 2.00 bits per heavy atom. The van der Waals surface area contributed by atoms with Gasteiger partial charge in [0, 0.05) is 36.9 Å². The fraction of sp³-hybridized carbons (Fsp3) is 0.375. The van der Waals surface area contributed by atoms with E-state index in [2.05, 4.69) is 34.6 Å². The zero-order chi connectivity index (χ0) is 15.9. The summed E-state index contributed by atoms with van der Waals surface area (Å²) in [5.74, 6) is 1.37. The van der Waals surface area contributed by atoms with Crippen LogP contribution < -0.4 is 10.6 Å². The lowest BCUT2D eigenvalue weighted by Gasteiger charge is -2.12. The molecule has 0 fully saturated rings. The Hall–Kier alpha value is -2.01. The topological polar surface area (TPSA) is 54.2 Å². The molecule has 0 atom stereocenters. The fourth-order valence-corrected chi connectivity index (χ4v) is 2.02. The van der Waals surface area contributed by atoms with Crippen LogP contribution in [-0.4, -0.2) is 29.3 Å². The summed E-state index contributed by atoms with van der Waals surface area (Å²) >= 11 is 5.90. The van der Waals surface area contributed by atoms with Crippen molar-refractivity contribution in [2.24, 2.45) is 10.9 Å². The van der Waals surface area contributed by atoms with Gasteiger partial charge in [0.15, 0.2) is 5.96 Å². The third kappa shape index (κ3) is 4.77. The van der Waals surface area contributed by atoms with Crippen molar-refractivity contribution in [1.82, 2.24) is 20.4 Å². The first kappa shape index (κ1) is 16.4. The highest BCUT2D eigenvalue weighted by molar-refractivity contribution is 6.30. The Bertz CT molecular complexity index is 616. The molecule has 2 N–H and O–H groups in total. The average molecular weight is 320 g/mol. The highest BCUT2D eigenvalue weighted by atomic mass is 35.5. The molecule has 1 aromatic carbocycles. The maximum absolute atomic E-state index is 5.90. The van der Waals surface area contributed by atoms with Crippen molar-refractivity contribution >= 4 is 17.6 Å². The molecule has 0 saturated carbocycles. The van der Waals surface area contributed by atoms with Gasteiger partial charge in [0.2, 0.25) is 0 Å². The van der Waals surface area contributed by atoms with E-state index in [1.807, 2.05) is 41.3 Å². The molecule has 1 heterocycles. The second-order valence-corrected chi connectivity index (χ2v) is 5.91. The summed E-state index contributed by atoms with van der Waals surface area (Å²) in [7, 11) is 1.77.